The summed E-state index contributed by atoms with van der Waals surface area (Å²) in [6.45, 7) is 5.62. The van der Waals surface area contributed by atoms with Gasteiger partial charge in [-0.1, -0.05) is 0 Å². The van der Waals surface area contributed by atoms with Crippen LogP contribution in [-0.2, 0) is 4.74 Å². The summed E-state index contributed by atoms with van der Waals surface area (Å²) in [6.07, 6.45) is 1.78. The van der Waals surface area contributed by atoms with Crippen LogP contribution in [0.3, 0.4) is 0 Å². The molecule has 106 valence electrons. The summed E-state index contributed by atoms with van der Waals surface area (Å²) in [4.78, 5) is 24.0. The van der Waals surface area contributed by atoms with Crippen molar-refractivity contribution < 1.29 is 9.53 Å². The lowest BCUT2D eigenvalue weighted by molar-refractivity contribution is -0.00474. The van der Waals surface area contributed by atoms with E-state index in [0.717, 1.165) is 21.3 Å². The summed E-state index contributed by atoms with van der Waals surface area (Å²) in [5.41, 5.74) is 0.991. The zero-order chi connectivity index (χ0) is 14.1. The highest BCUT2D eigenvalue weighted by atomic mass is 32.1. The number of carbonyl (C=O) groups excluding carboxylic acids is 1. The molecule has 1 saturated heterocycles. The van der Waals surface area contributed by atoms with Crippen LogP contribution in [0.2, 0.25) is 0 Å². The Morgan fingerprint density at radius 3 is 3.00 bits per heavy atom. The van der Waals surface area contributed by atoms with Crippen molar-refractivity contribution in [1.82, 2.24) is 14.9 Å². The number of hydrogen-bond donors (Lipinski definition) is 1. The molecule has 20 heavy (non-hydrogen) atoms. The number of aromatic nitrogens is 2. The molecule has 3 rings (SSSR count). The lowest BCUT2D eigenvalue weighted by atomic mass is 10.2. The zero-order valence-corrected chi connectivity index (χ0v) is 12.4. The summed E-state index contributed by atoms with van der Waals surface area (Å²) in [5.74, 6) is 0.856. The Morgan fingerprint density at radius 2 is 2.35 bits per heavy atom. The molecule has 3 heterocycles. The second-order valence-corrected chi connectivity index (χ2v) is 6.24. The van der Waals surface area contributed by atoms with Gasteiger partial charge in [-0.2, -0.15) is 0 Å². The van der Waals surface area contributed by atoms with Gasteiger partial charge in [0.25, 0.3) is 5.91 Å². The Kier molecular flexibility index (Phi) is 3.58. The molecule has 5 nitrogen and oxygen atoms in total. The van der Waals surface area contributed by atoms with E-state index < -0.39 is 0 Å². The molecule has 1 aliphatic rings. The molecular weight excluding hydrogens is 274 g/mol. The highest BCUT2D eigenvalue weighted by Crippen LogP contribution is 2.26. The molecule has 0 aliphatic carbocycles. The molecule has 6 heteroatoms. The average Bonchev–Trinajstić information content (AvgIpc) is 3.07. The van der Waals surface area contributed by atoms with E-state index in [1.165, 1.54) is 11.3 Å². The Balaban J connectivity index is 1.87. The first-order valence-corrected chi connectivity index (χ1v) is 7.43. The lowest BCUT2D eigenvalue weighted by Crippen LogP contribution is -2.43. The topological polar surface area (TPSA) is 58.2 Å². The number of carbonyl (C=O) groups is 1. The van der Waals surface area contributed by atoms with Crippen molar-refractivity contribution in [2.24, 2.45) is 0 Å². The van der Waals surface area contributed by atoms with E-state index in [1.54, 1.807) is 6.20 Å². The van der Waals surface area contributed by atoms with Crippen LogP contribution >= 0.6 is 11.3 Å². The minimum Gasteiger partial charge on any atom is -0.377 e. The second-order valence-electron chi connectivity index (χ2n) is 4.95. The molecule has 0 aromatic carbocycles. The summed E-state index contributed by atoms with van der Waals surface area (Å²) in [7, 11) is 0. The van der Waals surface area contributed by atoms with Gasteiger partial charge in [-0.3, -0.25) is 4.79 Å². The summed E-state index contributed by atoms with van der Waals surface area (Å²) >= 11 is 1.53. The lowest BCUT2D eigenvalue weighted by Gasteiger charge is -2.34. The average molecular weight is 291 g/mol. The van der Waals surface area contributed by atoms with Crippen LogP contribution in [0.4, 0.5) is 0 Å². The number of amides is 1. The van der Waals surface area contributed by atoms with Gasteiger partial charge >= 0.3 is 0 Å². The number of thiophene rings is 1. The number of hydrogen-bond acceptors (Lipinski definition) is 4. The van der Waals surface area contributed by atoms with Crippen molar-refractivity contribution >= 4 is 17.2 Å². The third kappa shape index (κ3) is 2.48. The fourth-order valence-corrected chi connectivity index (χ4v) is 3.19. The molecule has 1 amide bonds. The van der Waals surface area contributed by atoms with Crippen LogP contribution in [0.5, 0.6) is 0 Å². The Morgan fingerprint density at radius 1 is 1.50 bits per heavy atom. The van der Waals surface area contributed by atoms with E-state index in [2.05, 4.69) is 9.97 Å². The second kappa shape index (κ2) is 5.38. The number of nitrogens with zero attached hydrogens (tertiary/aromatic N) is 2. The molecule has 0 spiro atoms. The van der Waals surface area contributed by atoms with Crippen LogP contribution in [-0.4, -0.2) is 40.5 Å². The van der Waals surface area contributed by atoms with Gasteiger partial charge in [-0.05, 0) is 26.0 Å². The van der Waals surface area contributed by atoms with Crippen molar-refractivity contribution in [3.05, 3.63) is 39.6 Å². The Bertz CT molecular complexity index is 619. The van der Waals surface area contributed by atoms with Crippen molar-refractivity contribution in [3.63, 3.8) is 0 Å². The van der Waals surface area contributed by atoms with Gasteiger partial charge in [0.15, 0.2) is 0 Å². The number of nitrogens with one attached hydrogen (secondary N) is 1. The number of rotatable bonds is 2. The van der Waals surface area contributed by atoms with E-state index in [4.69, 9.17) is 4.74 Å². The quantitative estimate of drug-likeness (QED) is 0.923. The van der Waals surface area contributed by atoms with Crippen molar-refractivity contribution in [2.75, 3.05) is 19.8 Å². The maximum absolute atomic E-state index is 12.6. The van der Waals surface area contributed by atoms with Gasteiger partial charge in [0.05, 0.1) is 18.1 Å². The minimum absolute atomic E-state index is 0.0606. The monoisotopic (exact) mass is 291 g/mol. The summed E-state index contributed by atoms with van der Waals surface area (Å²) in [5, 5.41) is 0. The van der Waals surface area contributed by atoms with Crippen LogP contribution in [0, 0.1) is 13.8 Å². The molecule has 1 fully saturated rings. The third-order valence-corrected chi connectivity index (χ3v) is 4.37. The molecule has 0 saturated carbocycles. The Hall–Kier alpha value is -1.66. The molecular formula is C14H17N3O2S. The van der Waals surface area contributed by atoms with Gasteiger partial charge in [0.2, 0.25) is 0 Å². The van der Waals surface area contributed by atoms with Gasteiger partial charge in [-0.15, -0.1) is 11.3 Å². The van der Waals surface area contributed by atoms with E-state index in [1.807, 2.05) is 30.9 Å². The summed E-state index contributed by atoms with van der Waals surface area (Å²) < 4.78 is 5.52. The number of H-pyrrole nitrogens is 1. The molecule has 1 aliphatic heterocycles. The number of imidazole rings is 1. The maximum atomic E-state index is 12.6. The fourth-order valence-electron chi connectivity index (χ4n) is 2.37. The van der Waals surface area contributed by atoms with Gasteiger partial charge in [-0.25, -0.2) is 4.98 Å². The van der Waals surface area contributed by atoms with Crippen molar-refractivity contribution in [3.8, 4) is 0 Å². The maximum Gasteiger partial charge on any atom is 0.264 e. The van der Waals surface area contributed by atoms with E-state index in [0.29, 0.717) is 19.8 Å². The van der Waals surface area contributed by atoms with Crippen LogP contribution < -0.4 is 0 Å². The highest BCUT2D eigenvalue weighted by Gasteiger charge is 2.31. The van der Waals surface area contributed by atoms with Gasteiger partial charge < -0.3 is 14.6 Å². The van der Waals surface area contributed by atoms with E-state index >= 15 is 0 Å². The minimum atomic E-state index is -0.132. The highest BCUT2D eigenvalue weighted by molar-refractivity contribution is 7.13. The zero-order valence-electron chi connectivity index (χ0n) is 11.5. The fraction of sp³-hybridized carbons (Fsp3) is 0.429. The number of ether oxygens (including phenoxy) is 1. The number of morpholine rings is 1. The van der Waals surface area contributed by atoms with Crippen LogP contribution in [0.25, 0.3) is 0 Å². The third-order valence-electron chi connectivity index (χ3n) is 3.38. The molecule has 0 unspecified atom stereocenters. The molecule has 2 aromatic heterocycles. The van der Waals surface area contributed by atoms with Gasteiger partial charge in [0, 0.05) is 23.3 Å². The van der Waals surface area contributed by atoms with Crippen molar-refractivity contribution in [2.45, 2.75) is 19.9 Å². The molecule has 1 N–H and O–H groups in total. The first kappa shape index (κ1) is 13.3. The number of aromatic amines is 1. The SMILES string of the molecule is Cc1cnc([C@H]2COCCN2C(=O)c2ccc(C)s2)[nH]1. The first-order chi connectivity index (χ1) is 9.65. The van der Waals surface area contributed by atoms with Gasteiger partial charge in [0.1, 0.15) is 11.9 Å². The van der Waals surface area contributed by atoms with Crippen LogP contribution in [0.15, 0.2) is 18.3 Å². The van der Waals surface area contributed by atoms with E-state index in [-0.39, 0.29) is 11.9 Å². The molecule has 0 radical (unpaired) electrons. The molecule has 1 atom stereocenters. The van der Waals surface area contributed by atoms with Crippen LogP contribution in [0.1, 0.15) is 32.1 Å². The van der Waals surface area contributed by atoms with Crippen molar-refractivity contribution in [1.29, 1.82) is 0 Å². The smallest absolute Gasteiger partial charge is 0.264 e. The normalized spacial score (nSPS) is 19.3. The predicted octanol–water partition coefficient (Wildman–Crippen LogP) is 2.30. The van der Waals surface area contributed by atoms with E-state index in [9.17, 15) is 4.79 Å². The Labute approximate surface area is 121 Å². The number of aryl methyl sites for hydroxylation is 2. The molecule has 0 bridgehead atoms. The predicted molar refractivity (Wildman–Crippen MR) is 77.0 cm³/mol. The molecule has 2 aromatic rings. The first-order valence-electron chi connectivity index (χ1n) is 6.62. The summed E-state index contributed by atoms with van der Waals surface area (Å²) in [6, 6.07) is 3.74. The standard InChI is InChI=1S/C14H17N3O2S/c1-9-7-15-13(16-9)11-8-19-6-5-17(11)14(18)12-4-3-10(2)20-12/h3-4,7,11H,5-6,8H2,1-2H3,(H,15,16)/t11-/m1/s1. The largest absolute Gasteiger partial charge is 0.377 e.